The molecule has 45 heavy (non-hydrogen) atoms. The molecule has 2 aromatic heterocycles. The predicted octanol–water partition coefficient (Wildman–Crippen LogP) is 4.77. The maximum Gasteiger partial charge on any atom is 0.431 e. The fraction of sp³-hybridized carbons (Fsp3) is 0.469. The van der Waals surface area contributed by atoms with E-state index < -0.39 is 53.1 Å². The zero-order chi connectivity index (χ0) is 33.4. The standard InChI is InChI=1S/C32H34F4N6O3/c1-3-22-24(33)9-6-17-11-21(43)12-25(27(17)22)42-26(32(34,35)36)13-23-28(30(42)44)38-31(45-16-20-5-4-10-40(20)2)39-29(23)41-14-18-7-8-19(15-41)37-18/h6,9,11-13,18-20,37,43H,3-5,7-8,10,14-16H2,1-2H3/t18-,19+,20-/m0/s1/i16D2. The summed E-state index contributed by atoms with van der Waals surface area (Å²) in [7, 11) is 1.77. The summed E-state index contributed by atoms with van der Waals surface area (Å²) in [6.07, 6.45) is -1.97. The Morgan fingerprint density at radius 1 is 1.13 bits per heavy atom. The molecular weight excluding hydrogens is 592 g/mol. The molecule has 238 valence electrons. The molecule has 3 fully saturated rings. The molecule has 2 bridgehead atoms. The molecule has 3 saturated heterocycles. The van der Waals surface area contributed by atoms with E-state index in [-0.39, 0.29) is 51.7 Å². The van der Waals surface area contributed by atoms with Gasteiger partial charge in [0.25, 0.3) is 5.56 Å². The van der Waals surface area contributed by atoms with Crippen LogP contribution in [0.2, 0.25) is 0 Å². The highest BCUT2D eigenvalue weighted by Crippen LogP contribution is 2.39. The molecule has 0 unspecified atom stereocenters. The van der Waals surface area contributed by atoms with E-state index in [1.807, 2.05) is 4.90 Å². The van der Waals surface area contributed by atoms with Gasteiger partial charge in [-0.2, -0.15) is 23.1 Å². The molecule has 2 N–H and O–H groups in total. The summed E-state index contributed by atoms with van der Waals surface area (Å²) in [6, 6.07) is 4.61. The average molecular weight is 629 g/mol. The van der Waals surface area contributed by atoms with E-state index in [0.717, 1.165) is 37.5 Å². The molecule has 9 nitrogen and oxygen atoms in total. The van der Waals surface area contributed by atoms with E-state index in [4.69, 9.17) is 7.48 Å². The lowest BCUT2D eigenvalue weighted by atomic mass is 9.99. The van der Waals surface area contributed by atoms with Gasteiger partial charge in [0, 0.05) is 42.7 Å². The van der Waals surface area contributed by atoms with E-state index >= 15 is 4.39 Å². The fourth-order valence-electron chi connectivity index (χ4n) is 7.03. The number of aromatic nitrogens is 3. The number of hydrogen-bond acceptors (Lipinski definition) is 8. The predicted molar refractivity (Wildman–Crippen MR) is 162 cm³/mol. The van der Waals surface area contributed by atoms with Gasteiger partial charge in [-0.1, -0.05) is 13.0 Å². The van der Waals surface area contributed by atoms with Crippen LogP contribution in [-0.4, -0.2) is 75.9 Å². The summed E-state index contributed by atoms with van der Waals surface area (Å²) in [5.41, 5.74) is -3.26. The highest BCUT2D eigenvalue weighted by Gasteiger charge is 2.39. The second kappa shape index (κ2) is 11.1. The van der Waals surface area contributed by atoms with Crippen molar-refractivity contribution in [1.82, 2.24) is 24.8 Å². The minimum Gasteiger partial charge on any atom is -0.508 e. The number of fused-ring (bicyclic) bond motifs is 4. The first-order valence-electron chi connectivity index (χ1n) is 16.1. The molecule has 0 amide bonds. The number of nitrogens with one attached hydrogen (secondary N) is 1. The van der Waals surface area contributed by atoms with E-state index in [1.54, 1.807) is 18.9 Å². The molecular formula is C32H34F4N6O3. The number of aromatic hydroxyl groups is 1. The molecule has 3 aliphatic heterocycles. The quantitative estimate of drug-likeness (QED) is 0.295. The molecule has 3 atom stereocenters. The monoisotopic (exact) mass is 628 g/mol. The van der Waals surface area contributed by atoms with Gasteiger partial charge in [0.1, 0.15) is 35.2 Å². The normalized spacial score (nSPS) is 23.2. The first-order chi connectivity index (χ1) is 22.2. The number of ether oxygens (including phenoxy) is 1. The Morgan fingerprint density at radius 3 is 2.56 bits per heavy atom. The van der Waals surface area contributed by atoms with E-state index in [0.29, 0.717) is 30.6 Å². The first-order valence-corrected chi connectivity index (χ1v) is 15.1. The van der Waals surface area contributed by atoms with E-state index in [1.165, 1.54) is 12.1 Å². The van der Waals surface area contributed by atoms with Crippen LogP contribution < -0.4 is 20.5 Å². The van der Waals surface area contributed by atoms with Crippen molar-refractivity contribution in [3.8, 4) is 17.4 Å². The number of hydrogen-bond donors (Lipinski definition) is 2. The number of alkyl halides is 3. The van der Waals surface area contributed by atoms with Crippen molar-refractivity contribution in [2.75, 3.05) is 38.1 Å². The minimum atomic E-state index is -5.07. The third-order valence-corrected chi connectivity index (χ3v) is 9.17. The van der Waals surface area contributed by atoms with Crippen molar-refractivity contribution >= 4 is 27.5 Å². The summed E-state index contributed by atoms with van der Waals surface area (Å²) < 4.78 is 83.6. The Hall–Kier alpha value is -3.97. The molecule has 13 heteroatoms. The van der Waals surface area contributed by atoms with Crippen LogP contribution in [0.4, 0.5) is 23.4 Å². The van der Waals surface area contributed by atoms with E-state index in [9.17, 15) is 23.1 Å². The largest absolute Gasteiger partial charge is 0.508 e. The molecule has 0 saturated carbocycles. The lowest BCUT2D eigenvalue weighted by molar-refractivity contribution is -0.142. The first kappa shape index (κ1) is 27.3. The Morgan fingerprint density at radius 2 is 1.89 bits per heavy atom. The second-order valence-corrected chi connectivity index (χ2v) is 12.1. The van der Waals surface area contributed by atoms with Gasteiger partial charge in [-0.05, 0) is 74.8 Å². The summed E-state index contributed by atoms with van der Waals surface area (Å²) in [5.74, 6) is -1.05. The van der Waals surface area contributed by atoms with Crippen LogP contribution in [-0.2, 0) is 12.6 Å². The van der Waals surface area contributed by atoms with Crippen LogP contribution in [0.25, 0.3) is 27.4 Å². The summed E-state index contributed by atoms with van der Waals surface area (Å²) in [4.78, 5) is 26.8. The average Bonchev–Trinajstić information content (AvgIpc) is 3.60. The third-order valence-electron chi connectivity index (χ3n) is 9.17. The fourth-order valence-corrected chi connectivity index (χ4v) is 7.03. The maximum absolute atomic E-state index is 15.0. The number of benzene rings is 2. The van der Waals surface area contributed by atoms with Gasteiger partial charge in [-0.3, -0.25) is 9.36 Å². The number of halogens is 4. The Kier molecular flexibility index (Phi) is 6.76. The number of nitrogens with zero attached hydrogens (tertiary/aromatic N) is 5. The van der Waals surface area contributed by atoms with Crippen molar-refractivity contribution in [2.45, 2.75) is 63.3 Å². The number of phenolic OH excluding ortho intramolecular Hbond substituents is 1. The van der Waals surface area contributed by atoms with Crippen molar-refractivity contribution < 1.29 is 30.1 Å². The molecule has 0 aliphatic carbocycles. The molecule has 3 aliphatic rings. The van der Waals surface area contributed by atoms with Crippen LogP contribution >= 0.6 is 0 Å². The maximum atomic E-state index is 15.0. The number of likely N-dealkylation sites (tertiary alicyclic amines) is 1. The van der Waals surface area contributed by atoms with Crippen LogP contribution in [0.5, 0.6) is 11.8 Å². The summed E-state index contributed by atoms with van der Waals surface area (Å²) >= 11 is 0. The number of rotatable bonds is 6. The topological polar surface area (TPSA) is 95.8 Å². The summed E-state index contributed by atoms with van der Waals surface area (Å²) in [6.45, 7) is 0.826. The van der Waals surface area contributed by atoms with Crippen molar-refractivity contribution in [1.29, 1.82) is 0 Å². The number of aryl methyl sites for hydroxylation is 1. The van der Waals surface area contributed by atoms with Gasteiger partial charge in [0.2, 0.25) is 0 Å². The van der Waals surface area contributed by atoms with Crippen LogP contribution in [0, 0.1) is 5.82 Å². The smallest absolute Gasteiger partial charge is 0.431 e. The molecule has 5 heterocycles. The lowest BCUT2D eigenvalue weighted by Gasteiger charge is -2.34. The lowest BCUT2D eigenvalue weighted by Crippen LogP contribution is -2.51. The molecule has 0 spiro atoms. The zero-order valence-electron chi connectivity index (χ0n) is 26.8. The Labute approximate surface area is 259 Å². The molecule has 0 radical (unpaired) electrons. The van der Waals surface area contributed by atoms with Gasteiger partial charge in [0.05, 0.1) is 13.8 Å². The Bertz CT molecular complexity index is 1940. The van der Waals surface area contributed by atoms with Crippen LogP contribution in [0.15, 0.2) is 35.1 Å². The van der Waals surface area contributed by atoms with Gasteiger partial charge in [0.15, 0.2) is 0 Å². The third kappa shape index (κ3) is 5.25. The number of pyridine rings is 1. The second-order valence-electron chi connectivity index (χ2n) is 12.1. The number of phenols is 1. The van der Waals surface area contributed by atoms with Crippen LogP contribution in [0.3, 0.4) is 0 Å². The van der Waals surface area contributed by atoms with Gasteiger partial charge < -0.3 is 25.0 Å². The number of likely N-dealkylation sites (N-methyl/N-ethyl adjacent to an activating group) is 1. The SMILES string of the molecule is [2H]C([2H])(Oc1nc(N2C[C@H]3CC[C@@H](C2)N3)c2cc(C(F)(F)F)n(-c3cc(O)cc4ccc(F)c(CC)c34)c(=O)c2n1)[C@@H]1CCCN1C. The van der Waals surface area contributed by atoms with Gasteiger partial charge in [-0.15, -0.1) is 0 Å². The highest BCUT2D eigenvalue weighted by molar-refractivity contribution is 5.96. The molecule has 2 aromatic carbocycles. The van der Waals surface area contributed by atoms with Crippen molar-refractivity contribution in [2.24, 2.45) is 0 Å². The van der Waals surface area contributed by atoms with Gasteiger partial charge in [-0.25, -0.2) is 4.39 Å². The number of anilines is 1. The highest BCUT2D eigenvalue weighted by atomic mass is 19.4. The van der Waals surface area contributed by atoms with Crippen molar-refractivity contribution in [3.05, 3.63) is 57.8 Å². The van der Waals surface area contributed by atoms with Crippen LogP contribution in [0.1, 0.15) is 46.6 Å². The number of piperazine rings is 1. The molecule has 7 rings (SSSR count). The minimum absolute atomic E-state index is 0.0368. The van der Waals surface area contributed by atoms with Crippen molar-refractivity contribution in [3.63, 3.8) is 0 Å². The zero-order valence-corrected chi connectivity index (χ0v) is 24.8. The van der Waals surface area contributed by atoms with E-state index in [2.05, 4.69) is 15.3 Å². The summed E-state index contributed by atoms with van der Waals surface area (Å²) in [5, 5.41) is 14.2. The Balaban J connectivity index is 1.52. The van der Waals surface area contributed by atoms with Gasteiger partial charge >= 0.3 is 12.2 Å². The molecule has 4 aromatic rings.